The molecule has 0 aliphatic carbocycles. The first-order valence-corrected chi connectivity index (χ1v) is 11.2. The van der Waals surface area contributed by atoms with Gasteiger partial charge in [0.2, 0.25) is 5.72 Å². The zero-order valence-electron chi connectivity index (χ0n) is 18.6. The minimum absolute atomic E-state index is 0.344. The Morgan fingerprint density at radius 2 is 1.67 bits per heavy atom. The normalized spacial score (nSPS) is 19.7. The second-order valence-corrected chi connectivity index (χ2v) is 9.23. The Hall–Kier alpha value is -4.10. The van der Waals surface area contributed by atoms with E-state index in [2.05, 4.69) is 67.3 Å². The predicted molar refractivity (Wildman–Crippen MR) is 132 cm³/mol. The van der Waals surface area contributed by atoms with Gasteiger partial charge in [-0.05, 0) is 54.6 Å². The van der Waals surface area contributed by atoms with Crippen molar-refractivity contribution in [1.29, 1.82) is 5.26 Å². The molecule has 0 fully saturated rings. The van der Waals surface area contributed by atoms with Gasteiger partial charge in [0.15, 0.2) is 0 Å². The summed E-state index contributed by atoms with van der Waals surface area (Å²) in [6.07, 6.45) is 1.99. The Balaban J connectivity index is 1.51. The van der Waals surface area contributed by atoms with Crippen LogP contribution in [0, 0.1) is 11.3 Å². The number of benzene rings is 4. The number of rotatable bonds is 2. The summed E-state index contributed by atoms with van der Waals surface area (Å²) < 4.78 is 6.94. The average molecular weight is 430 g/mol. The topological polar surface area (TPSA) is 48.6 Å². The van der Waals surface area contributed by atoms with Gasteiger partial charge in [0.1, 0.15) is 11.4 Å². The van der Waals surface area contributed by atoms with Gasteiger partial charge in [-0.25, -0.2) is 0 Å². The van der Waals surface area contributed by atoms with Gasteiger partial charge >= 0.3 is 0 Å². The fraction of sp³-hybridized carbons (Fsp3) is 0.172. The molecule has 0 aromatic heterocycles. The number of anilines is 1. The lowest BCUT2D eigenvalue weighted by molar-refractivity contribution is 0.0764. The van der Waals surface area contributed by atoms with E-state index in [1.165, 1.54) is 5.56 Å². The number of hydrogen-bond donors (Lipinski definition) is 0. The summed E-state index contributed by atoms with van der Waals surface area (Å²) in [4.78, 5) is 7.33. The van der Waals surface area contributed by atoms with Crippen LogP contribution in [0.15, 0.2) is 89.9 Å². The maximum Gasteiger partial charge on any atom is 0.229 e. The zero-order chi connectivity index (χ0) is 22.6. The van der Waals surface area contributed by atoms with Gasteiger partial charge in [-0.3, -0.25) is 4.99 Å². The fourth-order valence-corrected chi connectivity index (χ4v) is 5.23. The van der Waals surface area contributed by atoms with E-state index in [0.717, 1.165) is 33.5 Å². The molecule has 0 bridgehead atoms. The molecule has 6 rings (SSSR count). The highest BCUT2D eigenvalue weighted by Gasteiger charge is 2.59. The van der Waals surface area contributed by atoms with Gasteiger partial charge in [-0.1, -0.05) is 60.7 Å². The van der Waals surface area contributed by atoms with Crippen molar-refractivity contribution in [2.24, 2.45) is 4.99 Å². The molecule has 0 amide bonds. The van der Waals surface area contributed by atoms with Crippen LogP contribution in [0.3, 0.4) is 0 Å². The van der Waals surface area contributed by atoms with E-state index >= 15 is 0 Å². The highest BCUT2D eigenvalue weighted by Crippen LogP contribution is 2.55. The number of aliphatic imine (C=N–C) groups is 1. The molecule has 160 valence electrons. The molecular formula is C29H23N3O. The van der Waals surface area contributed by atoms with Gasteiger partial charge in [0, 0.05) is 17.6 Å². The molecule has 0 radical (unpaired) electrons. The van der Waals surface area contributed by atoms with E-state index in [4.69, 9.17) is 9.73 Å². The Labute approximate surface area is 193 Å². The van der Waals surface area contributed by atoms with Crippen LogP contribution in [-0.4, -0.2) is 11.9 Å². The second kappa shape index (κ2) is 6.95. The van der Waals surface area contributed by atoms with Crippen LogP contribution in [0.2, 0.25) is 0 Å². The highest BCUT2D eigenvalue weighted by atomic mass is 16.5. The molecule has 33 heavy (non-hydrogen) atoms. The monoisotopic (exact) mass is 429 g/mol. The molecule has 4 aromatic carbocycles. The van der Waals surface area contributed by atoms with E-state index in [1.54, 1.807) is 0 Å². The summed E-state index contributed by atoms with van der Waals surface area (Å²) in [6.45, 7) is 5.09. The largest absolute Gasteiger partial charge is 0.459 e. The molecule has 2 aliphatic heterocycles. The van der Waals surface area contributed by atoms with Gasteiger partial charge in [-0.15, -0.1) is 0 Å². The van der Waals surface area contributed by atoms with Gasteiger partial charge in [0.25, 0.3) is 0 Å². The molecule has 4 heteroatoms. The summed E-state index contributed by atoms with van der Waals surface area (Å²) in [6, 6.07) is 30.9. The van der Waals surface area contributed by atoms with Crippen molar-refractivity contribution >= 4 is 28.4 Å². The first kappa shape index (κ1) is 19.6. The minimum Gasteiger partial charge on any atom is -0.459 e. The molecule has 0 N–H and O–H groups in total. The summed E-state index contributed by atoms with van der Waals surface area (Å²) >= 11 is 0. The van der Waals surface area contributed by atoms with Crippen molar-refractivity contribution in [3.8, 4) is 11.8 Å². The third kappa shape index (κ3) is 2.72. The molecule has 2 heterocycles. The second-order valence-electron chi connectivity index (χ2n) is 9.23. The Morgan fingerprint density at radius 3 is 2.48 bits per heavy atom. The Morgan fingerprint density at radius 1 is 0.909 bits per heavy atom. The lowest BCUT2D eigenvalue weighted by atomic mass is 9.77. The summed E-state index contributed by atoms with van der Waals surface area (Å²) in [7, 11) is 0. The van der Waals surface area contributed by atoms with E-state index in [-0.39, 0.29) is 5.41 Å². The molecule has 4 aromatic rings. The van der Waals surface area contributed by atoms with E-state index in [1.807, 2.05) is 48.7 Å². The number of fused-ring (bicyclic) bond motifs is 4. The number of hydrogen-bond acceptors (Lipinski definition) is 4. The maximum atomic E-state index is 9.18. The van der Waals surface area contributed by atoms with E-state index in [0.29, 0.717) is 12.1 Å². The zero-order valence-corrected chi connectivity index (χ0v) is 18.6. The maximum absolute atomic E-state index is 9.18. The number of nitriles is 1. The van der Waals surface area contributed by atoms with E-state index < -0.39 is 5.72 Å². The minimum atomic E-state index is -0.778. The third-order valence-electron chi connectivity index (χ3n) is 7.09. The Kier molecular flexibility index (Phi) is 4.12. The van der Waals surface area contributed by atoms with Crippen LogP contribution >= 0.6 is 0 Å². The van der Waals surface area contributed by atoms with Crippen molar-refractivity contribution in [3.05, 3.63) is 102 Å². The molecule has 4 nitrogen and oxygen atoms in total. The quantitative estimate of drug-likeness (QED) is 0.365. The van der Waals surface area contributed by atoms with Crippen molar-refractivity contribution in [3.63, 3.8) is 0 Å². The highest BCUT2D eigenvalue weighted by molar-refractivity contribution is 5.99. The van der Waals surface area contributed by atoms with Crippen LogP contribution in [-0.2, 0) is 12.0 Å². The lowest BCUT2D eigenvalue weighted by Gasteiger charge is -2.46. The predicted octanol–water partition coefficient (Wildman–Crippen LogP) is 6.50. The molecule has 2 aliphatic rings. The summed E-state index contributed by atoms with van der Waals surface area (Å²) in [5.41, 5.74) is 3.90. The summed E-state index contributed by atoms with van der Waals surface area (Å²) in [5, 5.41) is 11.4. The standard InChI is InChI=1S/C29H23N3O/c1-28(2)24-9-5-6-10-25(24)32(18-21-13-11-20(17-30)12-14-21)29(28)19-31-27-23-8-4-3-7-22(23)15-16-26(27)33-29/h3-16,19H,18H2,1-2H3. The van der Waals surface area contributed by atoms with Crippen LogP contribution in [0.25, 0.3) is 10.8 Å². The molecule has 1 unspecified atom stereocenters. The van der Waals surface area contributed by atoms with Gasteiger partial charge in [0.05, 0.1) is 23.3 Å². The van der Waals surface area contributed by atoms with Crippen LogP contribution in [0.4, 0.5) is 11.4 Å². The molecule has 1 atom stereocenters. The average Bonchev–Trinajstić information content (AvgIpc) is 3.03. The van der Waals surface area contributed by atoms with Crippen molar-refractivity contribution in [2.75, 3.05) is 4.90 Å². The van der Waals surface area contributed by atoms with Crippen molar-refractivity contribution < 1.29 is 4.74 Å². The summed E-state index contributed by atoms with van der Waals surface area (Å²) in [5.74, 6) is 0.793. The van der Waals surface area contributed by atoms with Crippen LogP contribution in [0.1, 0.15) is 30.5 Å². The third-order valence-corrected chi connectivity index (χ3v) is 7.09. The van der Waals surface area contributed by atoms with Crippen LogP contribution < -0.4 is 9.64 Å². The van der Waals surface area contributed by atoms with E-state index in [9.17, 15) is 5.26 Å². The molecule has 0 saturated carbocycles. The molecular weight excluding hydrogens is 406 g/mol. The smallest absolute Gasteiger partial charge is 0.229 e. The first-order chi connectivity index (χ1) is 16.0. The van der Waals surface area contributed by atoms with Crippen molar-refractivity contribution in [2.45, 2.75) is 31.5 Å². The SMILES string of the molecule is CC1(C)c2ccccc2N(Cc2ccc(C#N)cc2)C12C=Nc1c(ccc3ccccc13)O2. The molecule has 0 saturated heterocycles. The van der Waals surface area contributed by atoms with Gasteiger partial charge < -0.3 is 9.64 Å². The first-order valence-electron chi connectivity index (χ1n) is 11.2. The number of ether oxygens (including phenoxy) is 1. The number of para-hydroxylation sites is 1. The number of nitrogens with zero attached hydrogens (tertiary/aromatic N) is 3. The van der Waals surface area contributed by atoms with Gasteiger partial charge in [-0.2, -0.15) is 5.26 Å². The van der Waals surface area contributed by atoms with Crippen molar-refractivity contribution in [1.82, 2.24) is 0 Å². The fourth-order valence-electron chi connectivity index (χ4n) is 5.23. The molecule has 1 spiro atoms. The lowest BCUT2D eigenvalue weighted by Crippen LogP contribution is -2.61. The van der Waals surface area contributed by atoms with Crippen LogP contribution in [0.5, 0.6) is 5.75 Å². The Bertz CT molecular complexity index is 1460.